The Morgan fingerprint density at radius 3 is 2.38 bits per heavy atom. The predicted octanol–water partition coefficient (Wildman–Crippen LogP) is 4.37. The molecule has 0 amide bonds. The molecule has 1 rings (SSSR count). The molecule has 1 nitrogen and oxygen atoms in total. The summed E-state index contributed by atoms with van der Waals surface area (Å²) in [5, 5.41) is 3.69. The van der Waals surface area contributed by atoms with Crippen molar-refractivity contribution in [2.45, 2.75) is 78.2 Å². The van der Waals surface area contributed by atoms with Gasteiger partial charge in [0.25, 0.3) is 0 Å². The second kappa shape index (κ2) is 8.11. The molecule has 1 aliphatic rings. The van der Waals surface area contributed by atoms with Crippen molar-refractivity contribution >= 4 is 0 Å². The van der Waals surface area contributed by atoms with E-state index in [-0.39, 0.29) is 0 Å². The Labute approximate surface area is 102 Å². The maximum Gasteiger partial charge on any atom is 0.00926 e. The van der Waals surface area contributed by atoms with E-state index in [1.54, 1.807) is 0 Å². The summed E-state index contributed by atoms with van der Waals surface area (Å²) in [4.78, 5) is 0. The lowest BCUT2D eigenvalue weighted by atomic mass is 9.89. The van der Waals surface area contributed by atoms with Gasteiger partial charge in [0.15, 0.2) is 0 Å². The lowest BCUT2D eigenvalue weighted by Crippen LogP contribution is -2.35. The van der Waals surface area contributed by atoms with Crippen molar-refractivity contribution in [3.05, 3.63) is 0 Å². The van der Waals surface area contributed by atoms with E-state index in [9.17, 15) is 0 Å². The minimum Gasteiger partial charge on any atom is -0.314 e. The third-order valence-electron chi connectivity index (χ3n) is 4.26. The van der Waals surface area contributed by atoms with Crippen LogP contribution in [-0.2, 0) is 0 Å². The van der Waals surface area contributed by atoms with Gasteiger partial charge >= 0.3 is 0 Å². The third-order valence-corrected chi connectivity index (χ3v) is 4.26. The highest BCUT2D eigenvalue weighted by atomic mass is 14.9. The molecule has 1 fully saturated rings. The van der Waals surface area contributed by atoms with E-state index >= 15 is 0 Å². The van der Waals surface area contributed by atoms with E-state index in [2.05, 4.69) is 26.1 Å². The van der Waals surface area contributed by atoms with Crippen LogP contribution in [0.3, 0.4) is 0 Å². The standard InChI is InChI=1S/C15H31N/c1-4-8-13(3)15(16-5-2)12-11-14-9-6-7-10-14/h13-16H,4-12H2,1-3H3. The van der Waals surface area contributed by atoms with Crippen LogP contribution >= 0.6 is 0 Å². The monoisotopic (exact) mass is 225 g/mol. The largest absolute Gasteiger partial charge is 0.314 e. The van der Waals surface area contributed by atoms with Gasteiger partial charge < -0.3 is 5.32 Å². The molecule has 0 aromatic carbocycles. The van der Waals surface area contributed by atoms with Crippen LogP contribution in [0.1, 0.15) is 72.1 Å². The van der Waals surface area contributed by atoms with E-state index in [0.717, 1.165) is 24.4 Å². The van der Waals surface area contributed by atoms with Crippen molar-refractivity contribution in [1.29, 1.82) is 0 Å². The Hall–Kier alpha value is -0.0400. The van der Waals surface area contributed by atoms with Crippen LogP contribution in [0.25, 0.3) is 0 Å². The first-order valence-electron chi connectivity index (χ1n) is 7.51. The van der Waals surface area contributed by atoms with Gasteiger partial charge in [0.2, 0.25) is 0 Å². The van der Waals surface area contributed by atoms with Gasteiger partial charge in [-0.1, -0.05) is 52.9 Å². The molecule has 0 bridgehead atoms. The molecule has 1 saturated carbocycles. The Morgan fingerprint density at radius 2 is 1.81 bits per heavy atom. The molecule has 1 aliphatic carbocycles. The maximum absolute atomic E-state index is 3.69. The summed E-state index contributed by atoms with van der Waals surface area (Å²) in [5.74, 6) is 1.90. The van der Waals surface area contributed by atoms with E-state index in [1.807, 2.05) is 0 Å². The van der Waals surface area contributed by atoms with E-state index in [4.69, 9.17) is 0 Å². The van der Waals surface area contributed by atoms with Crippen molar-refractivity contribution < 1.29 is 0 Å². The summed E-state index contributed by atoms with van der Waals surface area (Å²) in [6.07, 6.45) is 11.5. The highest BCUT2D eigenvalue weighted by Gasteiger charge is 2.19. The van der Waals surface area contributed by atoms with Crippen LogP contribution in [0.4, 0.5) is 0 Å². The quantitative estimate of drug-likeness (QED) is 0.647. The zero-order valence-electron chi connectivity index (χ0n) is 11.6. The first-order chi connectivity index (χ1) is 7.77. The van der Waals surface area contributed by atoms with Gasteiger partial charge in [-0.25, -0.2) is 0 Å². The fraction of sp³-hybridized carbons (Fsp3) is 1.00. The molecule has 0 saturated heterocycles. The second-order valence-electron chi connectivity index (χ2n) is 5.66. The number of nitrogens with one attached hydrogen (secondary N) is 1. The highest BCUT2D eigenvalue weighted by molar-refractivity contribution is 4.76. The summed E-state index contributed by atoms with van der Waals surface area (Å²) in [5.41, 5.74) is 0. The fourth-order valence-electron chi connectivity index (χ4n) is 3.22. The smallest absolute Gasteiger partial charge is 0.00926 e. The molecule has 2 atom stereocenters. The molecule has 96 valence electrons. The van der Waals surface area contributed by atoms with Gasteiger partial charge in [-0.15, -0.1) is 0 Å². The van der Waals surface area contributed by atoms with Crippen molar-refractivity contribution in [3.8, 4) is 0 Å². The Kier molecular flexibility index (Phi) is 7.11. The molecule has 0 aliphatic heterocycles. The van der Waals surface area contributed by atoms with Crippen LogP contribution in [0, 0.1) is 11.8 Å². The number of hydrogen-bond donors (Lipinski definition) is 1. The summed E-state index contributed by atoms with van der Waals surface area (Å²) < 4.78 is 0. The zero-order valence-corrected chi connectivity index (χ0v) is 11.6. The summed E-state index contributed by atoms with van der Waals surface area (Å²) >= 11 is 0. The molecule has 0 spiro atoms. The third kappa shape index (κ3) is 4.86. The highest BCUT2D eigenvalue weighted by Crippen LogP contribution is 2.30. The summed E-state index contributed by atoms with van der Waals surface area (Å²) in [7, 11) is 0. The van der Waals surface area contributed by atoms with Crippen LogP contribution in [-0.4, -0.2) is 12.6 Å². The molecule has 0 radical (unpaired) electrons. The average Bonchev–Trinajstić information content (AvgIpc) is 2.77. The molecule has 16 heavy (non-hydrogen) atoms. The summed E-state index contributed by atoms with van der Waals surface area (Å²) in [6, 6.07) is 0.769. The van der Waals surface area contributed by atoms with Crippen LogP contribution < -0.4 is 5.32 Å². The lowest BCUT2D eigenvalue weighted by molar-refractivity contribution is 0.314. The van der Waals surface area contributed by atoms with Crippen molar-refractivity contribution in [1.82, 2.24) is 5.32 Å². The molecular formula is C15H31N. The summed E-state index contributed by atoms with van der Waals surface area (Å²) in [6.45, 7) is 8.09. The topological polar surface area (TPSA) is 12.0 Å². The molecule has 2 unspecified atom stereocenters. The van der Waals surface area contributed by atoms with Crippen LogP contribution in [0.5, 0.6) is 0 Å². The van der Waals surface area contributed by atoms with Crippen LogP contribution in [0.2, 0.25) is 0 Å². The van der Waals surface area contributed by atoms with Crippen LogP contribution in [0.15, 0.2) is 0 Å². The first-order valence-corrected chi connectivity index (χ1v) is 7.51. The molecule has 1 N–H and O–H groups in total. The molecule has 0 aromatic heterocycles. The molecular weight excluding hydrogens is 194 g/mol. The number of hydrogen-bond acceptors (Lipinski definition) is 1. The minimum absolute atomic E-state index is 0.769. The molecule has 0 heterocycles. The van der Waals surface area contributed by atoms with Crippen molar-refractivity contribution in [2.24, 2.45) is 11.8 Å². The Balaban J connectivity index is 2.25. The fourth-order valence-corrected chi connectivity index (χ4v) is 3.22. The van der Waals surface area contributed by atoms with E-state index < -0.39 is 0 Å². The SMILES string of the molecule is CCCC(C)C(CCC1CCCC1)NCC. The second-order valence-corrected chi connectivity index (χ2v) is 5.66. The predicted molar refractivity (Wildman–Crippen MR) is 72.7 cm³/mol. The van der Waals surface area contributed by atoms with E-state index in [0.29, 0.717) is 0 Å². The van der Waals surface area contributed by atoms with Gasteiger partial charge in [-0.05, 0) is 37.6 Å². The van der Waals surface area contributed by atoms with Gasteiger partial charge in [-0.3, -0.25) is 0 Å². The van der Waals surface area contributed by atoms with Gasteiger partial charge in [0.1, 0.15) is 0 Å². The average molecular weight is 225 g/mol. The zero-order chi connectivity index (χ0) is 11.8. The normalized spacial score (nSPS) is 21.2. The maximum atomic E-state index is 3.69. The molecule has 0 aromatic rings. The Bertz CT molecular complexity index is 161. The van der Waals surface area contributed by atoms with Gasteiger partial charge in [-0.2, -0.15) is 0 Å². The Morgan fingerprint density at radius 1 is 1.12 bits per heavy atom. The first kappa shape index (κ1) is 14.0. The molecule has 1 heteroatoms. The van der Waals surface area contributed by atoms with Gasteiger partial charge in [0.05, 0.1) is 0 Å². The van der Waals surface area contributed by atoms with Crippen molar-refractivity contribution in [3.63, 3.8) is 0 Å². The minimum atomic E-state index is 0.769. The van der Waals surface area contributed by atoms with E-state index in [1.165, 1.54) is 51.4 Å². The van der Waals surface area contributed by atoms with Crippen molar-refractivity contribution in [2.75, 3.05) is 6.54 Å². The number of rotatable bonds is 8. The lowest BCUT2D eigenvalue weighted by Gasteiger charge is -2.25. The van der Waals surface area contributed by atoms with Gasteiger partial charge in [0, 0.05) is 6.04 Å².